The summed E-state index contributed by atoms with van der Waals surface area (Å²) in [5, 5.41) is 14.2. The summed E-state index contributed by atoms with van der Waals surface area (Å²) in [6, 6.07) is -0.232. The molecule has 5 nitrogen and oxygen atoms in total. The first-order valence-electron chi connectivity index (χ1n) is 5.00. The van der Waals surface area contributed by atoms with Crippen LogP contribution in [0.25, 0.3) is 0 Å². The lowest BCUT2D eigenvalue weighted by atomic mass is 10.1. The number of carbonyl (C=O) groups is 2. The molecule has 0 radical (unpaired) electrons. The van der Waals surface area contributed by atoms with Gasteiger partial charge in [0.2, 0.25) is 5.91 Å². The van der Waals surface area contributed by atoms with Crippen molar-refractivity contribution >= 4 is 23.2 Å². The summed E-state index contributed by atoms with van der Waals surface area (Å²) in [6.45, 7) is 1.80. The largest absolute Gasteiger partial charge is 0.480 e. The number of thiazole rings is 1. The van der Waals surface area contributed by atoms with Crippen molar-refractivity contribution < 1.29 is 14.7 Å². The number of amides is 1. The molecule has 2 N–H and O–H groups in total. The number of carboxylic acids is 1. The van der Waals surface area contributed by atoms with Gasteiger partial charge < -0.3 is 10.4 Å². The lowest BCUT2D eigenvalue weighted by Crippen LogP contribution is -2.38. The van der Waals surface area contributed by atoms with Crippen molar-refractivity contribution in [3.05, 3.63) is 16.6 Å². The molecule has 1 fully saturated rings. The van der Waals surface area contributed by atoms with Gasteiger partial charge in [-0.25, -0.2) is 4.98 Å². The van der Waals surface area contributed by atoms with Crippen molar-refractivity contribution in [2.75, 3.05) is 0 Å². The van der Waals surface area contributed by atoms with Crippen molar-refractivity contribution in [2.24, 2.45) is 5.41 Å². The molecule has 1 saturated carbocycles. The van der Waals surface area contributed by atoms with E-state index in [0.717, 1.165) is 5.01 Å². The fourth-order valence-electron chi connectivity index (χ4n) is 1.51. The Balaban J connectivity index is 2.01. The molecule has 1 amide bonds. The number of carboxylic acid groups (broad SMARTS) is 1. The van der Waals surface area contributed by atoms with E-state index in [2.05, 4.69) is 10.3 Å². The van der Waals surface area contributed by atoms with Crippen molar-refractivity contribution in [1.29, 1.82) is 0 Å². The van der Waals surface area contributed by atoms with E-state index >= 15 is 0 Å². The Labute approximate surface area is 96.5 Å². The minimum absolute atomic E-state index is 0.232. The summed E-state index contributed by atoms with van der Waals surface area (Å²) in [6.07, 6.45) is 2.52. The highest BCUT2D eigenvalue weighted by molar-refractivity contribution is 7.09. The fourth-order valence-corrected chi connectivity index (χ4v) is 2.15. The number of nitrogens with zero attached hydrogens (tertiary/aromatic N) is 1. The van der Waals surface area contributed by atoms with Gasteiger partial charge in [0.1, 0.15) is 10.4 Å². The average molecular weight is 240 g/mol. The van der Waals surface area contributed by atoms with Gasteiger partial charge in [-0.15, -0.1) is 11.3 Å². The van der Waals surface area contributed by atoms with Crippen LogP contribution in [-0.2, 0) is 9.59 Å². The first-order chi connectivity index (χ1) is 7.56. The third-order valence-electron chi connectivity index (χ3n) is 2.76. The van der Waals surface area contributed by atoms with Crippen LogP contribution in [0.3, 0.4) is 0 Å². The molecule has 0 aromatic carbocycles. The number of rotatable bonds is 4. The second kappa shape index (κ2) is 3.86. The molecular formula is C10H12N2O3S. The molecule has 1 heterocycles. The lowest BCUT2D eigenvalue weighted by Gasteiger charge is -2.15. The van der Waals surface area contributed by atoms with E-state index in [9.17, 15) is 9.59 Å². The summed E-state index contributed by atoms with van der Waals surface area (Å²) in [5.41, 5.74) is -1.18. The molecule has 16 heavy (non-hydrogen) atoms. The van der Waals surface area contributed by atoms with Crippen LogP contribution in [-0.4, -0.2) is 22.0 Å². The number of aliphatic carboxylic acids is 1. The van der Waals surface area contributed by atoms with Gasteiger partial charge in [0.05, 0.1) is 6.04 Å². The molecule has 0 unspecified atom stereocenters. The molecule has 0 aliphatic heterocycles. The molecule has 0 saturated heterocycles. The molecule has 0 spiro atoms. The van der Waals surface area contributed by atoms with E-state index in [1.165, 1.54) is 11.3 Å². The summed E-state index contributed by atoms with van der Waals surface area (Å²) in [4.78, 5) is 26.8. The number of aromatic nitrogens is 1. The molecule has 1 aromatic heterocycles. The van der Waals surface area contributed by atoms with Gasteiger partial charge in [-0.05, 0) is 19.8 Å². The number of carbonyl (C=O) groups excluding carboxylic acids is 1. The highest BCUT2D eigenvalue weighted by Crippen LogP contribution is 2.46. The monoisotopic (exact) mass is 240 g/mol. The van der Waals surface area contributed by atoms with E-state index in [1.54, 1.807) is 13.1 Å². The average Bonchev–Trinajstić information content (AvgIpc) is 2.87. The molecule has 6 heteroatoms. The molecule has 2 rings (SSSR count). The van der Waals surface area contributed by atoms with Crippen molar-refractivity contribution in [3.63, 3.8) is 0 Å². The Hall–Kier alpha value is -1.43. The highest BCUT2D eigenvalue weighted by Gasteiger charge is 2.57. The molecule has 86 valence electrons. The van der Waals surface area contributed by atoms with E-state index in [1.807, 2.05) is 5.38 Å². The molecule has 0 bridgehead atoms. The second-order valence-corrected chi connectivity index (χ2v) is 4.88. The van der Waals surface area contributed by atoms with Crippen molar-refractivity contribution in [1.82, 2.24) is 10.3 Å². The molecular weight excluding hydrogens is 228 g/mol. The summed E-state index contributed by atoms with van der Waals surface area (Å²) < 4.78 is 0. The zero-order chi connectivity index (χ0) is 11.8. The van der Waals surface area contributed by atoms with Gasteiger partial charge >= 0.3 is 5.97 Å². The third-order valence-corrected chi connectivity index (χ3v) is 3.72. The lowest BCUT2D eigenvalue weighted by molar-refractivity contribution is -0.149. The van der Waals surface area contributed by atoms with Crippen LogP contribution in [0.1, 0.15) is 30.8 Å². The summed E-state index contributed by atoms with van der Waals surface area (Å²) >= 11 is 1.44. The molecule has 1 aliphatic rings. The maximum Gasteiger partial charge on any atom is 0.319 e. The van der Waals surface area contributed by atoms with Crippen molar-refractivity contribution in [2.45, 2.75) is 25.8 Å². The van der Waals surface area contributed by atoms with E-state index < -0.39 is 17.3 Å². The maximum atomic E-state index is 11.8. The van der Waals surface area contributed by atoms with E-state index in [4.69, 9.17) is 5.11 Å². The second-order valence-electron chi connectivity index (χ2n) is 3.95. The van der Waals surface area contributed by atoms with Gasteiger partial charge in [0.15, 0.2) is 0 Å². The maximum absolute atomic E-state index is 11.8. The zero-order valence-corrected chi connectivity index (χ0v) is 9.58. The van der Waals surface area contributed by atoms with Crippen LogP contribution < -0.4 is 5.32 Å². The number of hydrogen-bond acceptors (Lipinski definition) is 4. The Morgan fingerprint density at radius 1 is 1.62 bits per heavy atom. The minimum atomic E-state index is -1.18. The fraction of sp³-hybridized carbons (Fsp3) is 0.500. The predicted octanol–water partition coefficient (Wildman–Crippen LogP) is 1.19. The SMILES string of the molecule is C[C@@H](NC(=O)C1(C(=O)O)CC1)c1nccs1. The van der Waals surface area contributed by atoms with E-state index in [0.29, 0.717) is 12.8 Å². The predicted molar refractivity (Wildman–Crippen MR) is 58.0 cm³/mol. The smallest absolute Gasteiger partial charge is 0.319 e. The molecule has 1 atom stereocenters. The van der Waals surface area contributed by atoms with Crippen LogP contribution in [0.5, 0.6) is 0 Å². The first kappa shape index (κ1) is 11.1. The quantitative estimate of drug-likeness (QED) is 0.775. The van der Waals surface area contributed by atoms with Crippen LogP contribution in [0.4, 0.5) is 0 Å². The summed E-state index contributed by atoms with van der Waals surface area (Å²) in [7, 11) is 0. The Morgan fingerprint density at radius 3 is 2.75 bits per heavy atom. The van der Waals surface area contributed by atoms with Gasteiger partial charge in [-0.2, -0.15) is 0 Å². The Morgan fingerprint density at radius 2 is 2.31 bits per heavy atom. The topological polar surface area (TPSA) is 79.3 Å². The van der Waals surface area contributed by atoms with E-state index in [-0.39, 0.29) is 6.04 Å². The molecule has 1 aliphatic carbocycles. The highest BCUT2D eigenvalue weighted by atomic mass is 32.1. The summed E-state index contributed by atoms with van der Waals surface area (Å²) in [5.74, 6) is -1.43. The number of nitrogens with one attached hydrogen (secondary N) is 1. The Kier molecular flexibility index (Phi) is 2.67. The normalized spacial score (nSPS) is 18.8. The number of hydrogen-bond donors (Lipinski definition) is 2. The van der Waals surface area contributed by atoms with Gasteiger partial charge in [-0.3, -0.25) is 9.59 Å². The standard InChI is InChI=1S/C10H12N2O3S/c1-6(7-11-4-5-16-7)12-8(13)10(2-3-10)9(14)15/h4-6H,2-3H2,1H3,(H,12,13)(H,14,15)/t6-/m1/s1. The third kappa shape index (κ3) is 1.80. The van der Waals surface area contributed by atoms with Gasteiger partial charge in [-0.1, -0.05) is 0 Å². The van der Waals surface area contributed by atoms with Gasteiger partial charge in [0, 0.05) is 11.6 Å². The van der Waals surface area contributed by atoms with Crippen LogP contribution in [0, 0.1) is 5.41 Å². The zero-order valence-electron chi connectivity index (χ0n) is 8.77. The van der Waals surface area contributed by atoms with Crippen LogP contribution in [0.15, 0.2) is 11.6 Å². The van der Waals surface area contributed by atoms with Crippen molar-refractivity contribution in [3.8, 4) is 0 Å². The van der Waals surface area contributed by atoms with Crippen LogP contribution >= 0.6 is 11.3 Å². The minimum Gasteiger partial charge on any atom is -0.480 e. The first-order valence-corrected chi connectivity index (χ1v) is 5.88. The van der Waals surface area contributed by atoms with Gasteiger partial charge in [0.25, 0.3) is 0 Å². The molecule has 1 aromatic rings. The van der Waals surface area contributed by atoms with Crippen LogP contribution in [0.2, 0.25) is 0 Å². The Bertz CT molecular complexity index is 412.